The quantitative estimate of drug-likeness (QED) is 0.349. The van der Waals surface area contributed by atoms with Gasteiger partial charge in [0, 0.05) is 32.6 Å². The molecule has 170 valence electrons. The van der Waals surface area contributed by atoms with Gasteiger partial charge in [-0.15, -0.1) is 5.10 Å². The molecule has 1 aromatic heterocycles. The van der Waals surface area contributed by atoms with Gasteiger partial charge < -0.3 is 10.6 Å². The Morgan fingerprint density at radius 2 is 1.79 bits per heavy atom. The maximum absolute atomic E-state index is 13.5. The van der Waals surface area contributed by atoms with Crippen molar-refractivity contribution in [3.63, 3.8) is 0 Å². The summed E-state index contributed by atoms with van der Waals surface area (Å²) in [7, 11) is 0. The fourth-order valence-electron chi connectivity index (χ4n) is 3.90. The van der Waals surface area contributed by atoms with Crippen LogP contribution in [0.25, 0.3) is 11.4 Å². The van der Waals surface area contributed by atoms with Crippen molar-refractivity contribution in [1.29, 1.82) is 0 Å². The molecular weight excluding hydrogens is 476 g/mol. The second kappa shape index (κ2) is 8.93. The summed E-state index contributed by atoms with van der Waals surface area (Å²) in [5, 5.41) is 11.6. The molecule has 34 heavy (non-hydrogen) atoms. The summed E-state index contributed by atoms with van der Waals surface area (Å²) in [5.41, 5.74) is 2.97. The number of rotatable bonds is 4. The number of hydrogen-bond donors (Lipinski definition) is 2. The zero-order valence-electron chi connectivity index (χ0n) is 17.9. The first kappa shape index (κ1) is 22.1. The lowest BCUT2D eigenvalue weighted by molar-refractivity contribution is -0.113. The van der Waals surface area contributed by atoms with E-state index in [-0.39, 0.29) is 11.7 Å². The summed E-state index contributed by atoms with van der Waals surface area (Å²) in [6.07, 6.45) is 0. The number of nitrogens with one attached hydrogen (secondary N) is 2. The minimum absolute atomic E-state index is 0.309. The van der Waals surface area contributed by atoms with Crippen molar-refractivity contribution in [3.8, 4) is 11.4 Å². The van der Waals surface area contributed by atoms with Crippen LogP contribution >= 0.6 is 23.2 Å². The predicted molar refractivity (Wildman–Crippen MR) is 131 cm³/mol. The molecule has 0 saturated carbocycles. The predicted octanol–water partition coefficient (Wildman–Crippen LogP) is 6.32. The lowest BCUT2D eigenvalue weighted by atomic mass is 9.95. The summed E-state index contributed by atoms with van der Waals surface area (Å²) < 4.78 is 15.0. The van der Waals surface area contributed by atoms with E-state index in [0.717, 1.165) is 0 Å². The molecule has 1 amide bonds. The molecule has 0 spiro atoms. The number of halogens is 3. The van der Waals surface area contributed by atoms with E-state index in [2.05, 4.69) is 20.7 Å². The summed E-state index contributed by atoms with van der Waals surface area (Å²) in [6.45, 7) is 1.80. The van der Waals surface area contributed by atoms with Crippen molar-refractivity contribution in [3.05, 3.63) is 105 Å². The maximum atomic E-state index is 13.5. The van der Waals surface area contributed by atoms with Crippen LogP contribution in [-0.2, 0) is 4.79 Å². The monoisotopic (exact) mass is 493 g/mol. The van der Waals surface area contributed by atoms with E-state index >= 15 is 0 Å². The Balaban J connectivity index is 1.63. The van der Waals surface area contributed by atoms with Crippen LogP contribution < -0.4 is 10.6 Å². The number of hydrogen-bond acceptors (Lipinski definition) is 4. The second-order valence-corrected chi connectivity index (χ2v) is 8.61. The van der Waals surface area contributed by atoms with Gasteiger partial charge in [-0.25, -0.2) is 9.07 Å². The number of fused-ring (bicyclic) bond motifs is 1. The van der Waals surface area contributed by atoms with E-state index in [4.69, 9.17) is 23.2 Å². The zero-order chi connectivity index (χ0) is 23.8. The highest BCUT2D eigenvalue weighted by molar-refractivity contribution is 6.35. The van der Waals surface area contributed by atoms with Crippen LogP contribution in [0.1, 0.15) is 18.5 Å². The van der Waals surface area contributed by atoms with Crippen LogP contribution in [0.2, 0.25) is 10.0 Å². The second-order valence-electron chi connectivity index (χ2n) is 7.76. The first-order valence-corrected chi connectivity index (χ1v) is 11.2. The first-order chi connectivity index (χ1) is 16.4. The minimum atomic E-state index is -0.675. The van der Waals surface area contributed by atoms with Gasteiger partial charge in [-0.05, 0) is 55.5 Å². The van der Waals surface area contributed by atoms with Crippen molar-refractivity contribution in [1.82, 2.24) is 14.8 Å². The lowest BCUT2D eigenvalue weighted by Crippen LogP contribution is -2.31. The van der Waals surface area contributed by atoms with Gasteiger partial charge >= 0.3 is 0 Å². The van der Waals surface area contributed by atoms with Gasteiger partial charge in [0.1, 0.15) is 11.9 Å². The molecule has 0 bridgehead atoms. The minimum Gasteiger partial charge on any atom is -0.328 e. The maximum Gasteiger partial charge on any atom is 0.255 e. The smallest absolute Gasteiger partial charge is 0.255 e. The molecular formula is C25H18Cl2FN5O. The van der Waals surface area contributed by atoms with Crippen molar-refractivity contribution in [2.75, 3.05) is 10.6 Å². The highest BCUT2D eigenvalue weighted by atomic mass is 35.5. The van der Waals surface area contributed by atoms with E-state index in [1.165, 1.54) is 12.1 Å². The number of carbonyl (C=O) groups excluding carboxylic acids is 1. The van der Waals surface area contributed by atoms with E-state index in [0.29, 0.717) is 49.9 Å². The van der Waals surface area contributed by atoms with Crippen LogP contribution in [0.3, 0.4) is 0 Å². The Kier molecular flexibility index (Phi) is 5.81. The Morgan fingerprint density at radius 1 is 1.06 bits per heavy atom. The number of carbonyl (C=O) groups is 1. The third-order valence-corrected chi connectivity index (χ3v) is 6.05. The van der Waals surface area contributed by atoms with Crippen molar-refractivity contribution < 1.29 is 9.18 Å². The largest absolute Gasteiger partial charge is 0.328 e. The summed E-state index contributed by atoms with van der Waals surface area (Å²) in [6, 6.07) is 19.5. The summed E-state index contributed by atoms with van der Waals surface area (Å²) >= 11 is 12.7. The normalized spacial score (nSPS) is 15.0. The molecule has 1 aliphatic rings. The molecule has 0 aliphatic carbocycles. The number of allylic oxidation sites excluding steroid dienone is 1. The Bertz CT molecular complexity index is 1420. The number of anilines is 2. The molecule has 3 aromatic carbocycles. The van der Waals surface area contributed by atoms with Crippen LogP contribution in [0.5, 0.6) is 0 Å². The Morgan fingerprint density at radius 3 is 2.50 bits per heavy atom. The standard InChI is InChI=1S/C25H18Cl2FN5O/c1-14-21(24(34)30-18-5-3-2-4-6-18)22(19-12-9-16(26)13-20(19)27)33-25(29-14)31-23(32-33)15-7-10-17(28)11-8-15/h2-13,22H,1H3,(H,30,34)(H,29,31,32). The topological polar surface area (TPSA) is 71.8 Å². The number of amides is 1. The van der Waals surface area contributed by atoms with Crippen molar-refractivity contribution >= 4 is 40.7 Å². The van der Waals surface area contributed by atoms with E-state index in [9.17, 15) is 9.18 Å². The summed E-state index contributed by atoms with van der Waals surface area (Å²) in [5.74, 6) is 0.157. The molecule has 1 atom stereocenters. The molecule has 1 unspecified atom stereocenters. The van der Waals surface area contributed by atoms with Crippen molar-refractivity contribution in [2.45, 2.75) is 13.0 Å². The number of benzene rings is 3. The molecule has 5 rings (SSSR count). The van der Waals surface area contributed by atoms with Gasteiger partial charge in [0.05, 0.1) is 5.57 Å². The van der Waals surface area contributed by atoms with Gasteiger partial charge in [0.2, 0.25) is 5.95 Å². The SMILES string of the molecule is CC1=C(C(=O)Nc2ccccc2)C(c2ccc(Cl)cc2Cl)n2nc(-c3ccc(F)cc3)nc2N1. The molecule has 2 heterocycles. The third-order valence-electron chi connectivity index (χ3n) is 5.49. The number of nitrogens with zero attached hydrogens (tertiary/aromatic N) is 3. The summed E-state index contributed by atoms with van der Waals surface area (Å²) in [4.78, 5) is 18.1. The Hall–Kier alpha value is -3.68. The van der Waals surface area contributed by atoms with E-state index in [1.807, 2.05) is 30.3 Å². The number of para-hydroxylation sites is 1. The molecule has 0 saturated heterocycles. The third kappa shape index (κ3) is 4.16. The van der Waals surface area contributed by atoms with Crippen LogP contribution in [0.4, 0.5) is 16.0 Å². The molecule has 2 N–H and O–H groups in total. The van der Waals surface area contributed by atoms with Gasteiger partial charge in [-0.1, -0.05) is 47.5 Å². The van der Waals surface area contributed by atoms with Crippen LogP contribution in [0, 0.1) is 5.82 Å². The Labute approximate surface area is 205 Å². The fraction of sp³-hybridized carbons (Fsp3) is 0.0800. The zero-order valence-corrected chi connectivity index (χ0v) is 19.4. The molecule has 0 fully saturated rings. The van der Waals surface area contributed by atoms with Gasteiger partial charge in [0.15, 0.2) is 5.82 Å². The average Bonchev–Trinajstić information content (AvgIpc) is 3.23. The molecule has 1 aliphatic heterocycles. The fourth-order valence-corrected chi connectivity index (χ4v) is 4.41. The molecule has 0 radical (unpaired) electrons. The van der Waals surface area contributed by atoms with Crippen molar-refractivity contribution in [2.24, 2.45) is 0 Å². The molecule has 6 nitrogen and oxygen atoms in total. The van der Waals surface area contributed by atoms with Crippen LogP contribution in [0.15, 0.2) is 84.1 Å². The first-order valence-electron chi connectivity index (χ1n) is 10.4. The van der Waals surface area contributed by atoms with E-state index < -0.39 is 6.04 Å². The lowest BCUT2D eigenvalue weighted by Gasteiger charge is -2.29. The average molecular weight is 494 g/mol. The number of aromatic nitrogens is 3. The van der Waals surface area contributed by atoms with E-state index in [1.54, 1.807) is 41.9 Å². The highest BCUT2D eigenvalue weighted by Crippen LogP contribution is 2.40. The van der Waals surface area contributed by atoms with Crippen LogP contribution in [-0.4, -0.2) is 20.7 Å². The van der Waals surface area contributed by atoms with Gasteiger partial charge in [-0.3, -0.25) is 4.79 Å². The molecule has 4 aromatic rings. The highest BCUT2D eigenvalue weighted by Gasteiger charge is 2.35. The molecule has 9 heteroatoms. The van der Waals surface area contributed by atoms with Gasteiger partial charge in [0.25, 0.3) is 5.91 Å². The van der Waals surface area contributed by atoms with Gasteiger partial charge in [-0.2, -0.15) is 4.98 Å².